The summed E-state index contributed by atoms with van der Waals surface area (Å²) in [5.41, 5.74) is 5.18. The van der Waals surface area contributed by atoms with E-state index >= 15 is 0 Å². The Labute approximate surface area is 84.9 Å². The molecule has 0 saturated carbocycles. The molecule has 0 fully saturated rings. The highest BCUT2D eigenvalue weighted by Crippen LogP contribution is 2.25. The summed E-state index contributed by atoms with van der Waals surface area (Å²) in [6, 6.07) is 5.17. The van der Waals surface area contributed by atoms with Gasteiger partial charge in [0.1, 0.15) is 0 Å². The number of nitro groups is 1. The average Bonchev–Trinajstić information content (AvgIpc) is 2.18. The second kappa shape index (κ2) is 4.79. The molecule has 0 saturated heterocycles. The fourth-order valence-corrected chi connectivity index (χ4v) is 1.25. The van der Waals surface area contributed by atoms with Gasteiger partial charge in [0, 0.05) is 18.7 Å². The Bertz CT molecular complexity index is 358. The summed E-state index contributed by atoms with van der Waals surface area (Å²) in [5.74, 6) is -1.15. The molecule has 4 nitrogen and oxygen atoms in total. The van der Waals surface area contributed by atoms with Gasteiger partial charge >= 0.3 is 0 Å². The van der Waals surface area contributed by atoms with E-state index < -0.39 is 17.3 Å². The number of benzene rings is 1. The van der Waals surface area contributed by atoms with Crippen LogP contribution in [0, 0.1) is 10.1 Å². The third-order valence-electron chi connectivity index (χ3n) is 2.07. The number of halogens is 2. The minimum atomic E-state index is -2.61. The van der Waals surface area contributed by atoms with Crippen molar-refractivity contribution < 1.29 is 13.7 Å². The second-order valence-electron chi connectivity index (χ2n) is 3.03. The van der Waals surface area contributed by atoms with Crippen LogP contribution in [0.2, 0.25) is 0 Å². The molecule has 0 spiro atoms. The van der Waals surface area contributed by atoms with Crippen LogP contribution in [0.5, 0.6) is 0 Å². The number of hydrogen-bond donors (Lipinski definition) is 1. The molecule has 0 aliphatic heterocycles. The topological polar surface area (TPSA) is 69.2 Å². The van der Waals surface area contributed by atoms with Crippen LogP contribution in [-0.2, 0) is 0 Å². The van der Waals surface area contributed by atoms with E-state index in [9.17, 15) is 18.9 Å². The zero-order valence-electron chi connectivity index (χ0n) is 7.77. The number of nitrogens with two attached hydrogens (primary N) is 1. The van der Waals surface area contributed by atoms with Gasteiger partial charge in [-0.15, -0.1) is 0 Å². The SMILES string of the molecule is NCC(c1cccc([N+](=O)[O-])c1)C(F)F. The predicted octanol–water partition coefficient (Wildman–Crippen LogP) is 1.90. The fourth-order valence-electron chi connectivity index (χ4n) is 1.25. The smallest absolute Gasteiger partial charge is 0.269 e. The van der Waals surface area contributed by atoms with Gasteiger partial charge in [-0.05, 0) is 5.56 Å². The highest BCUT2D eigenvalue weighted by atomic mass is 19.3. The van der Waals surface area contributed by atoms with E-state index in [-0.39, 0.29) is 17.8 Å². The quantitative estimate of drug-likeness (QED) is 0.617. The first kappa shape index (κ1) is 11.5. The van der Waals surface area contributed by atoms with Gasteiger partial charge in [0.25, 0.3) is 5.69 Å². The van der Waals surface area contributed by atoms with Crippen molar-refractivity contribution in [2.75, 3.05) is 6.54 Å². The lowest BCUT2D eigenvalue weighted by atomic mass is 9.99. The number of nitrogens with zero attached hydrogens (tertiary/aromatic N) is 1. The number of nitro benzene ring substituents is 1. The summed E-state index contributed by atoms with van der Waals surface area (Å²) < 4.78 is 24.9. The van der Waals surface area contributed by atoms with Crippen molar-refractivity contribution >= 4 is 5.69 Å². The van der Waals surface area contributed by atoms with E-state index in [1.807, 2.05) is 0 Å². The third kappa shape index (κ3) is 2.69. The molecule has 1 unspecified atom stereocenters. The van der Waals surface area contributed by atoms with Crippen LogP contribution < -0.4 is 5.73 Å². The van der Waals surface area contributed by atoms with Crippen LogP contribution in [0.3, 0.4) is 0 Å². The standard InChI is InChI=1S/C9H10F2N2O2/c10-9(11)8(5-12)6-2-1-3-7(4-6)13(14)15/h1-4,8-9H,5,12H2. The summed E-state index contributed by atoms with van der Waals surface area (Å²) in [6.07, 6.45) is -2.61. The first-order chi connectivity index (χ1) is 7.06. The highest BCUT2D eigenvalue weighted by molar-refractivity contribution is 5.36. The summed E-state index contributed by atoms with van der Waals surface area (Å²) in [7, 11) is 0. The largest absolute Gasteiger partial charge is 0.330 e. The van der Waals surface area contributed by atoms with Crippen molar-refractivity contribution in [1.82, 2.24) is 0 Å². The van der Waals surface area contributed by atoms with Crippen LogP contribution in [0.15, 0.2) is 24.3 Å². The zero-order valence-corrected chi connectivity index (χ0v) is 7.77. The lowest BCUT2D eigenvalue weighted by molar-refractivity contribution is -0.384. The first-order valence-electron chi connectivity index (χ1n) is 4.29. The average molecular weight is 216 g/mol. The number of rotatable bonds is 4. The molecule has 82 valence electrons. The van der Waals surface area contributed by atoms with Gasteiger partial charge in [-0.1, -0.05) is 12.1 Å². The Balaban J connectivity index is 3.03. The highest BCUT2D eigenvalue weighted by Gasteiger charge is 2.22. The minimum Gasteiger partial charge on any atom is -0.330 e. The van der Waals surface area contributed by atoms with Crippen molar-refractivity contribution in [3.8, 4) is 0 Å². The van der Waals surface area contributed by atoms with E-state index in [2.05, 4.69) is 0 Å². The molecular weight excluding hydrogens is 206 g/mol. The molecule has 0 aliphatic rings. The molecule has 6 heteroatoms. The van der Waals surface area contributed by atoms with Crippen LogP contribution in [0.4, 0.5) is 14.5 Å². The van der Waals surface area contributed by atoms with Gasteiger partial charge in [-0.2, -0.15) is 0 Å². The van der Waals surface area contributed by atoms with Gasteiger partial charge in [-0.25, -0.2) is 8.78 Å². The van der Waals surface area contributed by atoms with Crippen molar-refractivity contribution in [3.05, 3.63) is 39.9 Å². The maximum Gasteiger partial charge on any atom is 0.269 e. The molecule has 15 heavy (non-hydrogen) atoms. The van der Waals surface area contributed by atoms with Gasteiger partial charge < -0.3 is 5.73 Å². The second-order valence-corrected chi connectivity index (χ2v) is 3.03. The molecule has 0 aromatic heterocycles. The molecule has 2 N–H and O–H groups in total. The Kier molecular flexibility index (Phi) is 3.68. The summed E-state index contributed by atoms with van der Waals surface area (Å²) in [4.78, 5) is 9.80. The number of hydrogen-bond acceptors (Lipinski definition) is 3. The van der Waals surface area contributed by atoms with Crippen molar-refractivity contribution in [2.24, 2.45) is 5.73 Å². The van der Waals surface area contributed by atoms with E-state index in [1.165, 1.54) is 18.2 Å². The fraction of sp³-hybridized carbons (Fsp3) is 0.333. The van der Waals surface area contributed by atoms with E-state index in [0.29, 0.717) is 0 Å². The molecule has 1 aromatic carbocycles. The van der Waals surface area contributed by atoms with Gasteiger partial charge in [0.2, 0.25) is 6.43 Å². The minimum absolute atomic E-state index is 0.196. The predicted molar refractivity (Wildman–Crippen MR) is 50.9 cm³/mol. The molecule has 0 radical (unpaired) electrons. The number of alkyl halides is 2. The Morgan fingerprint density at radius 1 is 1.47 bits per heavy atom. The Hall–Kier alpha value is -1.56. The van der Waals surface area contributed by atoms with E-state index in [4.69, 9.17) is 5.73 Å². The van der Waals surface area contributed by atoms with E-state index in [1.54, 1.807) is 0 Å². The third-order valence-corrected chi connectivity index (χ3v) is 2.07. The molecule has 1 rings (SSSR count). The van der Waals surface area contributed by atoms with Crippen molar-refractivity contribution in [2.45, 2.75) is 12.3 Å². The maximum atomic E-state index is 12.5. The molecule has 1 aromatic rings. The van der Waals surface area contributed by atoms with Gasteiger partial charge in [0.15, 0.2) is 0 Å². The Morgan fingerprint density at radius 2 is 2.13 bits per heavy atom. The molecule has 0 amide bonds. The summed E-state index contributed by atoms with van der Waals surface area (Å²) >= 11 is 0. The van der Waals surface area contributed by atoms with Crippen LogP contribution in [0.25, 0.3) is 0 Å². The molecular formula is C9H10F2N2O2. The van der Waals surface area contributed by atoms with E-state index in [0.717, 1.165) is 6.07 Å². The lowest BCUT2D eigenvalue weighted by Crippen LogP contribution is -2.19. The Morgan fingerprint density at radius 3 is 2.60 bits per heavy atom. The summed E-state index contributed by atoms with van der Waals surface area (Å²) in [6.45, 7) is -0.237. The van der Waals surface area contributed by atoms with Crippen molar-refractivity contribution in [1.29, 1.82) is 0 Å². The van der Waals surface area contributed by atoms with Crippen molar-refractivity contribution in [3.63, 3.8) is 0 Å². The van der Waals surface area contributed by atoms with Crippen LogP contribution in [-0.4, -0.2) is 17.9 Å². The van der Waals surface area contributed by atoms with Crippen LogP contribution >= 0.6 is 0 Å². The normalized spacial score (nSPS) is 12.8. The monoisotopic (exact) mass is 216 g/mol. The van der Waals surface area contributed by atoms with Crippen LogP contribution in [0.1, 0.15) is 11.5 Å². The zero-order chi connectivity index (χ0) is 11.4. The summed E-state index contributed by atoms with van der Waals surface area (Å²) in [5, 5.41) is 10.4. The molecule has 0 heterocycles. The first-order valence-corrected chi connectivity index (χ1v) is 4.29. The maximum absolute atomic E-state index is 12.5. The van der Waals surface area contributed by atoms with Gasteiger partial charge in [0.05, 0.1) is 10.8 Å². The number of non-ortho nitro benzene ring substituents is 1. The lowest BCUT2D eigenvalue weighted by Gasteiger charge is -2.13. The molecule has 0 aliphatic carbocycles. The molecule has 0 bridgehead atoms. The van der Waals surface area contributed by atoms with Gasteiger partial charge in [-0.3, -0.25) is 10.1 Å². The molecule has 1 atom stereocenters.